The summed E-state index contributed by atoms with van der Waals surface area (Å²) < 4.78 is 5.29. The smallest absolute Gasteiger partial charge is 0.161 e. The van der Waals surface area contributed by atoms with E-state index in [1.807, 2.05) is 6.07 Å². The lowest BCUT2D eigenvalue weighted by Gasteiger charge is -2.42. The normalized spacial score (nSPS) is 17.6. The highest BCUT2D eigenvalue weighted by molar-refractivity contribution is 5.53. The molecule has 0 aliphatic heterocycles. The SMILES string of the molecule is COc1cc(C(C)C)cc(C2(CN)CCC2)c1O. The van der Waals surface area contributed by atoms with E-state index in [1.54, 1.807) is 7.11 Å². The predicted octanol–water partition coefficient (Wildman–Crippen LogP) is 2.90. The van der Waals surface area contributed by atoms with Gasteiger partial charge in [0.2, 0.25) is 0 Å². The van der Waals surface area contributed by atoms with Crippen LogP contribution in [-0.4, -0.2) is 18.8 Å². The van der Waals surface area contributed by atoms with Crippen molar-refractivity contribution in [2.45, 2.75) is 44.4 Å². The second kappa shape index (κ2) is 4.81. The third-order valence-electron chi connectivity index (χ3n) is 4.26. The molecular formula is C15H23NO2. The maximum atomic E-state index is 10.3. The Labute approximate surface area is 109 Å². The van der Waals surface area contributed by atoms with Crippen LogP contribution in [0.1, 0.15) is 50.2 Å². The second-order valence-corrected chi connectivity index (χ2v) is 5.61. The second-order valence-electron chi connectivity index (χ2n) is 5.61. The molecule has 0 atom stereocenters. The Bertz CT molecular complexity index is 431. The van der Waals surface area contributed by atoms with E-state index in [9.17, 15) is 5.11 Å². The number of nitrogens with two attached hydrogens (primary N) is 1. The van der Waals surface area contributed by atoms with E-state index in [-0.39, 0.29) is 11.2 Å². The van der Waals surface area contributed by atoms with Crippen LogP contribution in [-0.2, 0) is 5.41 Å². The third kappa shape index (κ3) is 1.97. The fourth-order valence-corrected chi connectivity index (χ4v) is 2.71. The molecule has 3 heteroatoms. The van der Waals surface area contributed by atoms with Gasteiger partial charge in [-0.2, -0.15) is 0 Å². The molecule has 0 heterocycles. The Hall–Kier alpha value is -1.22. The molecule has 18 heavy (non-hydrogen) atoms. The van der Waals surface area contributed by atoms with E-state index in [0.29, 0.717) is 18.2 Å². The Morgan fingerprint density at radius 2 is 2.06 bits per heavy atom. The number of phenols is 1. The van der Waals surface area contributed by atoms with Crippen molar-refractivity contribution in [3.63, 3.8) is 0 Å². The zero-order valence-electron chi connectivity index (χ0n) is 11.5. The Balaban J connectivity index is 2.54. The maximum absolute atomic E-state index is 10.3. The first-order valence-electron chi connectivity index (χ1n) is 6.65. The van der Waals surface area contributed by atoms with E-state index in [2.05, 4.69) is 19.9 Å². The van der Waals surface area contributed by atoms with Gasteiger partial charge in [-0.1, -0.05) is 26.3 Å². The number of rotatable bonds is 4. The van der Waals surface area contributed by atoms with Gasteiger partial charge in [-0.3, -0.25) is 0 Å². The van der Waals surface area contributed by atoms with Gasteiger partial charge in [0.05, 0.1) is 7.11 Å². The topological polar surface area (TPSA) is 55.5 Å². The zero-order valence-corrected chi connectivity index (χ0v) is 11.5. The van der Waals surface area contributed by atoms with Gasteiger partial charge in [0, 0.05) is 17.5 Å². The fraction of sp³-hybridized carbons (Fsp3) is 0.600. The largest absolute Gasteiger partial charge is 0.504 e. The summed E-state index contributed by atoms with van der Waals surface area (Å²) in [4.78, 5) is 0. The number of hydrogen-bond acceptors (Lipinski definition) is 3. The summed E-state index contributed by atoms with van der Waals surface area (Å²) in [6, 6.07) is 4.03. The predicted molar refractivity (Wildman–Crippen MR) is 73.3 cm³/mol. The lowest BCUT2D eigenvalue weighted by atomic mass is 9.64. The molecule has 3 N–H and O–H groups in total. The summed E-state index contributed by atoms with van der Waals surface area (Å²) in [6.07, 6.45) is 3.30. The Kier molecular flexibility index (Phi) is 3.53. The van der Waals surface area contributed by atoms with Gasteiger partial charge >= 0.3 is 0 Å². The molecule has 3 nitrogen and oxygen atoms in total. The van der Waals surface area contributed by atoms with Crippen molar-refractivity contribution in [2.75, 3.05) is 13.7 Å². The summed E-state index contributed by atoms with van der Waals surface area (Å²) in [7, 11) is 1.60. The maximum Gasteiger partial charge on any atom is 0.161 e. The van der Waals surface area contributed by atoms with Crippen LogP contribution in [0.25, 0.3) is 0 Å². The van der Waals surface area contributed by atoms with Crippen LogP contribution in [0.2, 0.25) is 0 Å². The lowest BCUT2D eigenvalue weighted by Crippen LogP contribution is -2.41. The van der Waals surface area contributed by atoms with Crippen LogP contribution in [0, 0.1) is 0 Å². The van der Waals surface area contributed by atoms with Crippen molar-refractivity contribution >= 4 is 0 Å². The van der Waals surface area contributed by atoms with Gasteiger partial charge in [-0.15, -0.1) is 0 Å². The van der Waals surface area contributed by atoms with Crippen molar-refractivity contribution in [3.05, 3.63) is 23.3 Å². The van der Waals surface area contributed by atoms with Crippen molar-refractivity contribution < 1.29 is 9.84 Å². The molecule has 0 unspecified atom stereocenters. The van der Waals surface area contributed by atoms with Gasteiger partial charge in [0.15, 0.2) is 11.5 Å². The number of aromatic hydroxyl groups is 1. The molecular weight excluding hydrogens is 226 g/mol. The summed E-state index contributed by atoms with van der Waals surface area (Å²) in [6.45, 7) is 4.88. The van der Waals surface area contributed by atoms with Crippen LogP contribution >= 0.6 is 0 Å². The molecule has 100 valence electrons. The van der Waals surface area contributed by atoms with Gasteiger partial charge in [-0.25, -0.2) is 0 Å². The third-order valence-corrected chi connectivity index (χ3v) is 4.26. The average molecular weight is 249 g/mol. The average Bonchev–Trinajstić information content (AvgIpc) is 2.30. The summed E-state index contributed by atoms with van der Waals surface area (Å²) in [5.74, 6) is 1.25. The van der Waals surface area contributed by atoms with Crippen LogP contribution in [0.3, 0.4) is 0 Å². The molecule has 0 aromatic heterocycles. The Morgan fingerprint density at radius 1 is 1.39 bits per heavy atom. The first-order valence-corrected chi connectivity index (χ1v) is 6.65. The van der Waals surface area contributed by atoms with Crippen LogP contribution in [0.15, 0.2) is 12.1 Å². The highest BCUT2D eigenvalue weighted by Crippen LogP contribution is 2.49. The van der Waals surface area contributed by atoms with Crippen LogP contribution in [0.5, 0.6) is 11.5 Å². The van der Waals surface area contributed by atoms with Crippen LogP contribution < -0.4 is 10.5 Å². The molecule has 0 amide bonds. The summed E-state index contributed by atoms with van der Waals surface area (Å²) in [5.41, 5.74) is 8.06. The van der Waals surface area contributed by atoms with Crippen molar-refractivity contribution in [3.8, 4) is 11.5 Å². The van der Waals surface area contributed by atoms with Gasteiger partial charge in [0.1, 0.15) is 0 Å². The first kappa shape index (κ1) is 13.2. The van der Waals surface area contributed by atoms with E-state index in [4.69, 9.17) is 10.5 Å². The van der Waals surface area contributed by atoms with E-state index < -0.39 is 0 Å². The molecule has 1 aliphatic carbocycles. The molecule has 0 spiro atoms. The molecule has 1 saturated carbocycles. The minimum atomic E-state index is -0.0394. The minimum absolute atomic E-state index is 0.0394. The molecule has 0 bridgehead atoms. The van der Waals surface area contributed by atoms with Gasteiger partial charge in [0.25, 0.3) is 0 Å². The van der Waals surface area contributed by atoms with Gasteiger partial charge in [-0.05, 0) is 30.4 Å². The molecule has 1 aromatic carbocycles. The molecule has 1 aromatic rings. The Morgan fingerprint density at radius 3 is 2.44 bits per heavy atom. The molecule has 2 rings (SSSR count). The summed E-state index contributed by atoms with van der Waals surface area (Å²) >= 11 is 0. The number of benzene rings is 1. The zero-order chi connectivity index (χ0) is 13.3. The first-order chi connectivity index (χ1) is 8.54. The standard InChI is InChI=1S/C15H23NO2/c1-10(2)11-7-12(14(17)13(8-11)18-3)15(9-16)5-4-6-15/h7-8,10,17H,4-6,9,16H2,1-3H3. The van der Waals surface area contributed by atoms with E-state index >= 15 is 0 Å². The highest BCUT2D eigenvalue weighted by Gasteiger charge is 2.40. The molecule has 0 radical (unpaired) electrons. The fourth-order valence-electron chi connectivity index (χ4n) is 2.71. The molecule has 0 saturated heterocycles. The number of phenolic OH excluding ortho intramolecular Hbond substituents is 1. The number of ether oxygens (including phenoxy) is 1. The number of methoxy groups -OCH3 is 1. The monoisotopic (exact) mass is 249 g/mol. The van der Waals surface area contributed by atoms with E-state index in [0.717, 1.165) is 18.4 Å². The van der Waals surface area contributed by atoms with Gasteiger partial charge < -0.3 is 15.6 Å². The van der Waals surface area contributed by atoms with Crippen molar-refractivity contribution in [1.29, 1.82) is 0 Å². The highest BCUT2D eigenvalue weighted by atomic mass is 16.5. The van der Waals surface area contributed by atoms with Crippen molar-refractivity contribution in [1.82, 2.24) is 0 Å². The summed E-state index contributed by atoms with van der Waals surface area (Å²) in [5, 5.41) is 10.3. The lowest BCUT2D eigenvalue weighted by molar-refractivity contribution is 0.242. The minimum Gasteiger partial charge on any atom is -0.504 e. The quantitative estimate of drug-likeness (QED) is 0.862. The van der Waals surface area contributed by atoms with E-state index in [1.165, 1.54) is 12.0 Å². The molecule has 1 aliphatic rings. The van der Waals surface area contributed by atoms with Crippen LogP contribution in [0.4, 0.5) is 0 Å². The number of hydrogen-bond donors (Lipinski definition) is 2. The van der Waals surface area contributed by atoms with Crippen molar-refractivity contribution in [2.24, 2.45) is 5.73 Å². The molecule has 1 fully saturated rings.